The molecule has 0 spiro atoms. The highest BCUT2D eigenvalue weighted by molar-refractivity contribution is 14.0. The Morgan fingerprint density at radius 3 is 2.70 bits per heavy atom. The van der Waals surface area contributed by atoms with Crippen molar-refractivity contribution in [1.82, 2.24) is 15.5 Å². The lowest BCUT2D eigenvalue weighted by atomic mass is 10.1. The standard InChI is InChI=1S/C21H30FN5O2.HI/c1-2-23-21(24-13-19(28)25-17-9-5-8-16(22)12-17)26-18-10-11-27(14-18)20(29)15-6-3-4-7-15;/h5,8-9,12,15,18H,2-4,6-7,10-11,13-14H2,1H3,(H,25,28)(H2,23,24,26);1H. The SMILES string of the molecule is CCNC(=NCC(=O)Nc1cccc(F)c1)NC1CCN(C(=O)C2CCCC2)C1.I. The van der Waals surface area contributed by atoms with E-state index in [-0.39, 0.29) is 54.3 Å². The number of nitrogens with one attached hydrogen (secondary N) is 3. The first-order valence-electron chi connectivity index (χ1n) is 10.4. The lowest BCUT2D eigenvalue weighted by molar-refractivity contribution is -0.134. The molecule has 3 rings (SSSR count). The minimum absolute atomic E-state index is 0. The third-order valence-electron chi connectivity index (χ3n) is 5.38. The molecule has 2 aliphatic rings. The van der Waals surface area contributed by atoms with Crippen LogP contribution < -0.4 is 16.0 Å². The first-order valence-corrected chi connectivity index (χ1v) is 10.4. The number of hydrogen-bond acceptors (Lipinski definition) is 3. The third-order valence-corrected chi connectivity index (χ3v) is 5.38. The van der Waals surface area contributed by atoms with Gasteiger partial charge in [0.15, 0.2) is 5.96 Å². The highest BCUT2D eigenvalue weighted by atomic mass is 127. The number of guanidine groups is 1. The van der Waals surface area contributed by atoms with E-state index >= 15 is 0 Å². The number of amides is 2. The molecular weight excluding hydrogens is 500 g/mol. The monoisotopic (exact) mass is 531 g/mol. The van der Waals surface area contributed by atoms with Gasteiger partial charge in [-0.3, -0.25) is 9.59 Å². The lowest BCUT2D eigenvalue weighted by Gasteiger charge is -2.21. The molecule has 1 aromatic rings. The number of aliphatic imine (C=N–C) groups is 1. The molecular formula is C21H31FIN5O2. The van der Waals surface area contributed by atoms with Crippen LogP contribution in [0, 0.1) is 11.7 Å². The highest BCUT2D eigenvalue weighted by Gasteiger charge is 2.32. The number of anilines is 1. The van der Waals surface area contributed by atoms with Crippen LogP contribution in [0.2, 0.25) is 0 Å². The summed E-state index contributed by atoms with van der Waals surface area (Å²) in [5.74, 6) is 0.295. The van der Waals surface area contributed by atoms with E-state index in [1.807, 2.05) is 11.8 Å². The third kappa shape index (κ3) is 7.10. The number of nitrogens with zero attached hydrogens (tertiary/aromatic N) is 2. The second-order valence-electron chi connectivity index (χ2n) is 7.65. The lowest BCUT2D eigenvalue weighted by Crippen LogP contribution is -2.45. The van der Waals surface area contributed by atoms with Crippen molar-refractivity contribution < 1.29 is 14.0 Å². The van der Waals surface area contributed by atoms with Crippen molar-refractivity contribution in [3.05, 3.63) is 30.1 Å². The molecule has 1 atom stereocenters. The Morgan fingerprint density at radius 1 is 1.23 bits per heavy atom. The topological polar surface area (TPSA) is 85.8 Å². The van der Waals surface area contributed by atoms with Crippen molar-refractivity contribution in [2.75, 3.05) is 31.5 Å². The van der Waals surface area contributed by atoms with Gasteiger partial charge in [0.1, 0.15) is 12.4 Å². The maximum atomic E-state index is 13.2. The Morgan fingerprint density at radius 2 is 2.00 bits per heavy atom. The number of carbonyl (C=O) groups is 2. The van der Waals surface area contributed by atoms with E-state index in [2.05, 4.69) is 20.9 Å². The van der Waals surface area contributed by atoms with E-state index in [0.717, 1.165) is 38.6 Å². The molecule has 3 N–H and O–H groups in total. The number of benzene rings is 1. The van der Waals surface area contributed by atoms with Crippen molar-refractivity contribution >= 4 is 47.4 Å². The van der Waals surface area contributed by atoms with E-state index in [1.54, 1.807) is 12.1 Å². The Hall–Kier alpha value is -1.91. The predicted octanol–water partition coefficient (Wildman–Crippen LogP) is 2.73. The van der Waals surface area contributed by atoms with Crippen molar-refractivity contribution in [2.45, 2.75) is 45.1 Å². The van der Waals surface area contributed by atoms with Crippen LogP contribution in [0.3, 0.4) is 0 Å². The van der Waals surface area contributed by atoms with Gasteiger partial charge in [0.25, 0.3) is 0 Å². The van der Waals surface area contributed by atoms with Gasteiger partial charge >= 0.3 is 0 Å². The van der Waals surface area contributed by atoms with Crippen LogP contribution in [0.15, 0.2) is 29.3 Å². The fraction of sp³-hybridized carbons (Fsp3) is 0.571. The molecule has 1 heterocycles. The summed E-state index contributed by atoms with van der Waals surface area (Å²) in [5.41, 5.74) is 0.403. The van der Waals surface area contributed by atoms with Gasteiger partial charge in [-0.2, -0.15) is 0 Å². The number of hydrogen-bond donors (Lipinski definition) is 3. The van der Waals surface area contributed by atoms with Gasteiger partial charge in [0, 0.05) is 37.3 Å². The van der Waals surface area contributed by atoms with Crippen LogP contribution in [0.1, 0.15) is 39.0 Å². The van der Waals surface area contributed by atoms with E-state index in [9.17, 15) is 14.0 Å². The Kier molecular flexibility index (Phi) is 9.80. The summed E-state index contributed by atoms with van der Waals surface area (Å²) in [4.78, 5) is 31.0. The van der Waals surface area contributed by atoms with Gasteiger partial charge in [0.2, 0.25) is 11.8 Å². The minimum Gasteiger partial charge on any atom is -0.357 e. The molecule has 0 bridgehead atoms. The van der Waals surface area contributed by atoms with Crippen molar-refractivity contribution in [3.8, 4) is 0 Å². The van der Waals surface area contributed by atoms with Gasteiger partial charge < -0.3 is 20.9 Å². The summed E-state index contributed by atoms with van der Waals surface area (Å²) in [5, 5.41) is 9.09. The molecule has 166 valence electrons. The molecule has 1 saturated heterocycles. The van der Waals surface area contributed by atoms with E-state index in [4.69, 9.17) is 0 Å². The number of rotatable bonds is 6. The van der Waals surface area contributed by atoms with E-state index in [1.165, 1.54) is 12.1 Å². The molecule has 2 fully saturated rings. The van der Waals surface area contributed by atoms with Gasteiger partial charge in [0.05, 0.1) is 0 Å². The van der Waals surface area contributed by atoms with Crippen LogP contribution in [0.4, 0.5) is 10.1 Å². The van der Waals surface area contributed by atoms with Gasteiger partial charge in [-0.05, 0) is 44.4 Å². The fourth-order valence-corrected chi connectivity index (χ4v) is 3.94. The first kappa shape index (κ1) is 24.4. The van der Waals surface area contributed by atoms with Crippen LogP contribution in [0.25, 0.3) is 0 Å². The highest BCUT2D eigenvalue weighted by Crippen LogP contribution is 2.27. The molecule has 1 aliphatic heterocycles. The zero-order valence-electron chi connectivity index (χ0n) is 17.3. The summed E-state index contributed by atoms with van der Waals surface area (Å²) >= 11 is 0. The average molecular weight is 531 g/mol. The molecule has 1 aliphatic carbocycles. The summed E-state index contributed by atoms with van der Waals surface area (Å²) in [7, 11) is 0. The maximum Gasteiger partial charge on any atom is 0.246 e. The second-order valence-corrected chi connectivity index (χ2v) is 7.65. The fourth-order valence-electron chi connectivity index (χ4n) is 3.94. The summed E-state index contributed by atoms with van der Waals surface area (Å²) < 4.78 is 13.2. The molecule has 2 amide bonds. The maximum absolute atomic E-state index is 13.2. The molecule has 0 aromatic heterocycles. The van der Waals surface area contributed by atoms with Crippen LogP contribution >= 0.6 is 24.0 Å². The molecule has 9 heteroatoms. The van der Waals surface area contributed by atoms with Gasteiger partial charge in [-0.15, -0.1) is 24.0 Å². The quantitative estimate of drug-likeness (QED) is 0.300. The number of carbonyl (C=O) groups excluding carboxylic acids is 2. The van der Waals surface area contributed by atoms with Crippen LogP contribution in [-0.4, -0.2) is 54.9 Å². The van der Waals surface area contributed by atoms with E-state index < -0.39 is 5.82 Å². The minimum atomic E-state index is -0.403. The zero-order valence-corrected chi connectivity index (χ0v) is 19.7. The Labute approximate surface area is 194 Å². The van der Waals surface area contributed by atoms with Crippen LogP contribution in [-0.2, 0) is 9.59 Å². The average Bonchev–Trinajstić information content (AvgIpc) is 3.38. The molecule has 30 heavy (non-hydrogen) atoms. The number of halogens is 2. The zero-order chi connectivity index (χ0) is 20.6. The smallest absolute Gasteiger partial charge is 0.246 e. The molecule has 1 unspecified atom stereocenters. The largest absolute Gasteiger partial charge is 0.357 e. The molecule has 7 nitrogen and oxygen atoms in total. The predicted molar refractivity (Wildman–Crippen MR) is 127 cm³/mol. The molecule has 1 aromatic carbocycles. The first-order chi connectivity index (χ1) is 14.0. The molecule has 0 radical (unpaired) electrons. The number of likely N-dealkylation sites (tertiary alicyclic amines) is 1. The van der Waals surface area contributed by atoms with E-state index in [0.29, 0.717) is 24.7 Å². The van der Waals surface area contributed by atoms with Crippen LogP contribution in [0.5, 0.6) is 0 Å². The normalized spacial score (nSPS) is 19.3. The van der Waals surface area contributed by atoms with Crippen molar-refractivity contribution in [2.24, 2.45) is 10.9 Å². The summed E-state index contributed by atoms with van der Waals surface area (Å²) in [6.07, 6.45) is 5.19. The Balaban J connectivity index is 0.00000320. The Bertz CT molecular complexity index is 755. The molecule has 1 saturated carbocycles. The van der Waals surface area contributed by atoms with Crippen molar-refractivity contribution in [3.63, 3.8) is 0 Å². The van der Waals surface area contributed by atoms with Gasteiger partial charge in [-0.25, -0.2) is 9.38 Å². The second kappa shape index (κ2) is 12.1. The van der Waals surface area contributed by atoms with Gasteiger partial charge in [-0.1, -0.05) is 18.9 Å². The summed E-state index contributed by atoms with van der Waals surface area (Å²) in [6, 6.07) is 5.87. The summed E-state index contributed by atoms with van der Waals surface area (Å²) in [6.45, 7) is 3.95. The van der Waals surface area contributed by atoms with Crippen molar-refractivity contribution in [1.29, 1.82) is 0 Å².